The number of anilines is 1. The second-order valence-electron chi connectivity index (χ2n) is 5.64. The van der Waals surface area contributed by atoms with Gasteiger partial charge in [0.05, 0.1) is 12.1 Å². The van der Waals surface area contributed by atoms with Crippen LogP contribution in [0.15, 0.2) is 18.2 Å². The number of Topliss-reactive ketones (excluding diaryl/α,β-unsaturated/α-hetero) is 1. The Balaban J connectivity index is 2.44. The minimum Gasteiger partial charge on any atom is -0.485 e. The third-order valence-corrected chi connectivity index (χ3v) is 3.35. The first-order chi connectivity index (χ1) is 9.34. The molecule has 1 amide bonds. The van der Waals surface area contributed by atoms with Crippen LogP contribution in [0.2, 0.25) is 0 Å². The molecule has 0 radical (unpaired) electrons. The SMILES string of the molecule is CN1C(=O)CC(C)(C)Oc2ccc(C(=O)CCN)cc21. The molecule has 0 spiro atoms. The number of nitrogens with zero attached hydrogens (tertiary/aromatic N) is 1. The highest BCUT2D eigenvalue weighted by molar-refractivity contribution is 6.00. The molecule has 0 saturated heterocycles. The van der Waals surface area contributed by atoms with Gasteiger partial charge in [0.1, 0.15) is 11.4 Å². The van der Waals surface area contributed by atoms with Gasteiger partial charge < -0.3 is 15.4 Å². The molecule has 0 fully saturated rings. The summed E-state index contributed by atoms with van der Waals surface area (Å²) in [5.41, 5.74) is 6.03. The van der Waals surface area contributed by atoms with E-state index in [1.165, 1.54) is 0 Å². The Labute approximate surface area is 118 Å². The van der Waals surface area contributed by atoms with Gasteiger partial charge in [-0.15, -0.1) is 0 Å². The lowest BCUT2D eigenvalue weighted by Crippen LogP contribution is -2.34. The molecule has 0 aliphatic carbocycles. The summed E-state index contributed by atoms with van der Waals surface area (Å²) >= 11 is 0. The van der Waals surface area contributed by atoms with Gasteiger partial charge in [-0.2, -0.15) is 0 Å². The first-order valence-electron chi connectivity index (χ1n) is 6.67. The van der Waals surface area contributed by atoms with Gasteiger partial charge in [0, 0.05) is 19.0 Å². The highest BCUT2D eigenvalue weighted by atomic mass is 16.5. The molecule has 5 heteroatoms. The molecule has 0 saturated carbocycles. The van der Waals surface area contributed by atoms with Crippen molar-refractivity contribution in [3.8, 4) is 5.75 Å². The van der Waals surface area contributed by atoms with Gasteiger partial charge >= 0.3 is 0 Å². The lowest BCUT2D eigenvalue weighted by molar-refractivity contribution is -0.120. The number of carbonyl (C=O) groups is 2. The molecule has 0 atom stereocenters. The van der Waals surface area contributed by atoms with Crippen molar-refractivity contribution >= 4 is 17.4 Å². The molecule has 2 N–H and O–H groups in total. The zero-order valence-corrected chi connectivity index (χ0v) is 12.1. The molecule has 1 aromatic rings. The van der Waals surface area contributed by atoms with E-state index < -0.39 is 5.60 Å². The number of ether oxygens (including phenoxy) is 1. The first-order valence-corrected chi connectivity index (χ1v) is 6.67. The van der Waals surface area contributed by atoms with Crippen LogP contribution < -0.4 is 15.4 Å². The van der Waals surface area contributed by atoms with E-state index in [1.54, 1.807) is 30.1 Å². The molecule has 20 heavy (non-hydrogen) atoms. The van der Waals surface area contributed by atoms with Crippen LogP contribution in [0.1, 0.15) is 37.0 Å². The van der Waals surface area contributed by atoms with Gasteiger partial charge in [-0.05, 0) is 38.6 Å². The molecule has 108 valence electrons. The third kappa shape index (κ3) is 2.82. The number of fused-ring (bicyclic) bond motifs is 1. The zero-order valence-electron chi connectivity index (χ0n) is 12.1. The Morgan fingerprint density at radius 2 is 2.15 bits per heavy atom. The molecule has 2 rings (SSSR count). The van der Waals surface area contributed by atoms with Crippen molar-refractivity contribution in [3.63, 3.8) is 0 Å². The summed E-state index contributed by atoms with van der Waals surface area (Å²) in [6.45, 7) is 4.07. The van der Waals surface area contributed by atoms with Crippen molar-refractivity contribution in [2.24, 2.45) is 5.73 Å². The van der Waals surface area contributed by atoms with Gasteiger partial charge in [-0.1, -0.05) is 0 Å². The Morgan fingerprint density at radius 1 is 1.45 bits per heavy atom. The van der Waals surface area contributed by atoms with Crippen molar-refractivity contribution in [3.05, 3.63) is 23.8 Å². The zero-order chi connectivity index (χ0) is 14.9. The number of benzene rings is 1. The first kappa shape index (κ1) is 14.5. The Morgan fingerprint density at radius 3 is 2.80 bits per heavy atom. The highest BCUT2D eigenvalue weighted by Gasteiger charge is 2.32. The van der Waals surface area contributed by atoms with E-state index in [2.05, 4.69) is 0 Å². The molecule has 0 aromatic heterocycles. The second-order valence-corrected chi connectivity index (χ2v) is 5.64. The summed E-state index contributed by atoms with van der Waals surface area (Å²) in [6, 6.07) is 5.17. The van der Waals surface area contributed by atoms with Crippen molar-refractivity contribution in [1.82, 2.24) is 0 Å². The van der Waals surface area contributed by atoms with Crippen molar-refractivity contribution in [2.75, 3.05) is 18.5 Å². The number of nitrogens with two attached hydrogens (primary N) is 1. The van der Waals surface area contributed by atoms with E-state index in [0.717, 1.165) is 0 Å². The molecule has 1 heterocycles. The van der Waals surface area contributed by atoms with E-state index in [4.69, 9.17) is 10.5 Å². The monoisotopic (exact) mass is 276 g/mol. The van der Waals surface area contributed by atoms with E-state index in [1.807, 2.05) is 13.8 Å². The lowest BCUT2D eigenvalue weighted by Gasteiger charge is -2.23. The average molecular weight is 276 g/mol. The topological polar surface area (TPSA) is 72.6 Å². The number of carbonyl (C=O) groups excluding carboxylic acids is 2. The van der Waals surface area contributed by atoms with Crippen molar-refractivity contribution in [1.29, 1.82) is 0 Å². The van der Waals surface area contributed by atoms with Crippen LogP contribution in [0.5, 0.6) is 5.75 Å². The molecule has 1 aromatic carbocycles. The van der Waals surface area contributed by atoms with E-state index in [-0.39, 0.29) is 11.7 Å². The maximum absolute atomic E-state index is 12.1. The highest BCUT2D eigenvalue weighted by Crippen LogP contribution is 2.36. The van der Waals surface area contributed by atoms with Crippen LogP contribution in [0.25, 0.3) is 0 Å². The fourth-order valence-electron chi connectivity index (χ4n) is 2.27. The van der Waals surface area contributed by atoms with E-state index >= 15 is 0 Å². The normalized spacial score (nSPS) is 17.2. The number of amides is 1. The van der Waals surface area contributed by atoms with Crippen LogP contribution in [-0.4, -0.2) is 30.9 Å². The summed E-state index contributed by atoms with van der Waals surface area (Å²) in [5, 5.41) is 0. The molecule has 0 bridgehead atoms. The van der Waals surface area contributed by atoms with Gasteiger partial charge in [-0.3, -0.25) is 9.59 Å². The maximum atomic E-state index is 12.1. The number of hydrogen-bond donors (Lipinski definition) is 1. The molecular weight excluding hydrogens is 256 g/mol. The molecule has 0 unspecified atom stereocenters. The molecule has 1 aliphatic heterocycles. The fraction of sp³-hybridized carbons (Fsp3) is 0.467. The van der Waals surface area contributed by atoms with Gasteiger partial charge in [0.15, 0.2) is 5.78 Å². The van der Waals surface area contributed by atoms with Crippen LogP contribution >= 0.6 is 0 Å². The van der Waals surface area contributed by atoms with Crippen LogP contribution in [0.3, 0.4) is 0 Å². The number of ketones is 1. The summed E-state index contributed by atoms with van der Waals surface area (Å²) in [6.07, 6.45) is 0.590. The van der Waals surface area contributed by atoms with Crippen molar-refractivity contribution < 1.29 is 14.3 Å². The van der Waals surface area contributed by atoms with E-state index in [0.29, 0.717) is 36.4 Å². The van der Waals surface area contributed by atoms with Gasteiger partial charge in [0.2, 0.25) is 5.91 Å². The Hall–Kier alpha value is -1.88. The maximum Gasteiger partial charge on any atom is 0.230 e. The van der Waals surface area contributed by atoms with Crippen LogP contribution in [-0.2, 0) is 4.79 Å². The van der Waals surface area contributed by atoms with E-state index in [9.17, 15) is 9.59 Å². The fourth-order valence-corrected chi connectivity index (χ4v) is 2.27. The third-order valence-electron chi connectivity index (χ3n) is 3.35. The van der Waals surface area contributed by atoms with Gasteiger partial charge in [-0.25, -0.2) is 0 Å². The van der Waals surface area contributed by atoms with Gasteiger partial charge in [0.25, 0.3) is 0 Å². The average Bonchev–Trinajstić information content (AvgIpc) is 2.45. The number of rotatable bonds is 3. The predicted molar refractivity (Wildman–Crippen MR) is 77.2 cm³/mol. The molecular formula is C15H20N2O3. The summed E-state index contributed by atoms with van der Waals surface area (Å²) in [7, 11) is 1.70. The summed E-state index contributed by atoms with van der Waals surface area (Å²) in [4.78, 5) is 25.6. The largest absolute Gasteiger partial charge is 0.485 e. The smallest absolute Gasteiger partial charge is 0.230 e. The Bertz CT molecular complexity index is 552. The van der Waals surface area contributed by atoms with Crippen molar-refractivity contribution in [2.45, 2.75) is 32.3 Å². The predicted octanol–water partition coefficient (Wildman–Crippen LogP) is 1.74. The lowest BCUT2D eigenvalue weighted by atomic mass is 10.1. The standard InChI is InChI=1S/C15H20N2O3/c1-15(2)9-14(19)17(3)11-8-10(12(18)6-7-16)4-5-13(11)20-15/h4-5,8H,6-7,9,16H2,1-3H3. The number of hydrogen-bond acceptors (Lipinski definition) is 4. The minimum atomic E-state index is -0.556. The molecule has 5 nitrogen and oxygen atoms in total. The second kappa shape index (κ2) is 5.25. The summed E-state index contributed by atoms with van der Waals surface area (Å²) < 4.78 is 5.88. The Kier molecular flexibility index (Phi) is 3.81. The van der Waals surface area contributed by atoms with Crippen LogP contribution in [0.4, 0.5) is 5.69 Å². The minimum absolute atomic E-state index is 0.0281. The summed E-state index contributed by atoms with van der Waals surface area (Å²) in [5.74, 6) is 0.560. The van der Waals surface area contributed by atoms with Crippen LogP contribution in [0, 0.1) is 0 Å². The quantitative estimate of drug-likeness (QED) is 0.853. The molecule has 1 aliphatic rings.